The SMILES string of the molecule is CC[NH+]1CCN(c2ccc(N[C@H](C)C(=O)Nc3ccccc3-c3ccccc3)cc2)CC1. The largest absolute Gasteiger partial charge is 0.374 e. The van der Waals surface area contributed by atoms with Crippen molar-refractivity contribution in [1.29, 1.82) is 0 Å². The van der Waals surface area contributed by atoms with Gasteiger partial charge in [0.1, 0.15) is 6.04 Å². The van der Waals surface area contributed by atoms with Crippen molar-refractivity contribution >= 4 is 23.0 Å². The van der Waals surface area contributed by atoms with E-state index in [4.69, 9.17) is 0 Å². The molecule has 3 aromatic carbocycles. The number of hydrogen-bond donors (Lipinski definition) is 3. The zero-order valence-electron chi connectivity index (χ0n) is 19.0. The van der Waals surface area contributed by atoms with Gasteiger partial charge in [-0.25, -0.2) is 0 Å². The first-order valence-electron chi connectivity index (χ1n) is 11.5. The van der Waals surface area contributed by atoms with Crippen LogP contribution in [0.15, 0.2) is 78.9 Å². The van der Waals surface area contributed by atoms with Crippen molar-refractivity contribution in [3.63, 3.8) is 0 Å². The van der Waals surface area contributed by atoms with E-state index in [0.717, 1.165) is 35.6 Å². The molecule has 0 aliphatic carbocycles. The molecule has 4 rings (SSSR count). The second-order valence-corrected chi connectivity index (χ2v) is 8.40. The summed E-state index contributed by atoms with van der Waals surface area (Å²) in [6, 6.07) is 26.1. The molecule has 1 amide bonds. The monoisotopic (exact) mass is 429 g/mol. The molecule has 0 saturated carbocycles. The fourth-order valence-corrected chi connectivity index (χ4v) is 4.22. The Bertz CT molecular complexity index is 1010. The third-order valence-corrected chi connectivity index (χ3v) is 6.25. The van der Waals surface area contributed by atoms with Gasteiger partial charge < -0.3 is 20.4 Å². The Balaban J connectivity index is 1.37. The van der Waals surface area contributed by atoms with Crippen LogP contribution >= 0.6 is 0 Å². The number of carbonyl (C=O) groups excluding carboxylic acids is 1. The first-order chi connectivity index (χ1) is 15.6. The lowest BCUT2D eigenvalue weighted by Gasteiger charge is -2.33. The number of para-hydroxylation sites is 1. The number of nitrogens with zero attached hydrogens (tertiary/aromatic N) is 1. The molecule has 1 fully saturated rings. The van der Waals surface area contributed by atoms with Gasteiger partial charge in [-0.1, -0.05) is 48.5 Å². The molecule has 1 heterocycles. The van der Waals surface area contributed by atoms with Gasteiger partial charge in [-0.05, 0) is 49.7 Å². The molecule has 1 aliphatic rings. The van der Waals surface area contributed by atoms with Gasteiger partial charge in [0.05, 0.1) is 32.7 Å². The van der Waals surface area contributed by atoms with Crippen LogP contribution in [-0.4, -0.2) is 44.7 Å². The lowest BCUT2D eigenvalue weighted by molar-refractivity contribution is -0.898. The Morgan fingerprint density at radius 1 is 0.938 bits per heavy atom. The fourth-order valence-electron chi connectivity index (χ4n) is 4.22. The first-order valence-corrected chi connectivity index (χ1v) is 11.5. The second kappa shape index (κ2) is 10.3. The summed E-state index contributed by atoms with van der Waals surface area (Å²) < 4.78 is 0. The first kappa shape index (κ1) is 21.9. The molecule has 0 bridgehead atoms. The summed E-state index contributed by atoms with van der Waals surface area (Å²) in [6.07, 6.45) is 0. The van der Waals surface area contributed by atoms with E-state index in [1.165, 1.54) is 25.3 Å². The van der Waals surface area contributed by atoms with Crippen molar-refractivity contribution < 1.29 is 9.69 Å². The van der Waals surface area contributed by atoms with E-state index in [1.54, 1.807) is 4.90 Å². The molecule has 3 aromatic rings. The van der Waals surface area contributed by atoms with Crippen molar-refractivity contribution in [2.45, 2.75) is 19.9 Å². The third kappa shape index (κ3) is 5.29. The number of amides is 1. The Hall–Kier alpha value is -3.31. The zero-order valence-corrected chi connectivity index (χ0v) is 19.0. The number of hydrogen-bond acceptors (Lipinski definition) is 3. The Kier molecular flexibility index (Phi) is 7.07. The highest BCUT2D eigenvalue weighted by molar-refractivity contribution is 5.99. The maximum absolute atomic E-state index is 12.9. The average Bonchev–Trinajstić information content (AvgIpc) is 2.85. The number of carbonyl (C=O) groups is 1. The Labute approximate surface area is 191 Å². The summed E-state index contributed by atoms with van der Waals surface area (Å²) in [5, 5.41) is 6.42. The number of likely N-dealkylation sites (N-methyl/N-ethyl adjacent to an activating group) is 1. The molecule has 0 spiro atoms. The summed E-state index contributed by atoms with van der Waals surface area (Å²) in [5.41, 5.74) is 5.12. The molecule has 3 N–H and O–H groups in total. The van der Waals surface area contributed by atoms with E-state index >= 15 is 0 Å². The molecule has 0 aromatic heterocycles. The summed E-state index contributed by atoms with van der Waals surface area (Å²) in [5.74, 6) is -0.0591. The van der Waals surface area contributed by atoms with Crippen molar-refractivity contribution in [1.82, 2.24) is 0 Å². The van der Waals surface area contributed by atoms with E-state index in [-0.39, 0.29) is 11.9 Å². The Morgan fingerprint density at radius 2 is 1.59 bits per heavy atom. The summed E-state index contributed by atoms with van der Waals surface area (Å²) in [4.78, 5) is 17.0. The topological polar surface area (TPSA) is 48.8 Å². The number of piperazine rings is 1. The minimum Gasteiger partial charge on any atom is -0.374 e. The minimum absolute atomic E-state index is 0.0591. The fraction of sp³-hybridized carbons (Fsp3) is 0.296. The molecule has 1 saturated heterocycles. The van der Waals surface area contributed by atoms with Crippen LogP contribution in [-0.2, 0) is 4.79 Å². The number of rotatable bonds is 7. The van der Waals surface area contributed by atoms with Crippen LogP contribution < -0.4 is 20.4 Å². The van der Waals surface area contributed by atoms with E-state index < -0.39 is 0 Å². The molecule has 1 aliphatic heterocycles. The van der Waals surface area contributed by atoms with Gasteiger partial charge in [-0.2, -0.15) is 0 Å². The maximum atomic E-state index is 12.9. The van der Waals surface area contributed by atoms with Gasteiger partial charge in [0.2, 0.25) is 5.91 Å². The lowest BCUT2D eigenvalue weighted by Crippen LogP contribution is -3.14. The molecular formula is C27H33N4O+. The zero-order chi connectivity index (χ0) is 22.3. The van der Waals surface area contributed by atoms with Gasteiger partial charge in [0, 0.05) is 22.6 Å². The van der Waals surface area contributed by atoms with Crippen LogP contribution in [0.5, 0.6) is 0 Å². The van der Waals surface area contributed by atoms with Crippen molar-refractivity contribution in [3.8, 4) is 11.1 Å². The minimum atomic E-state index is -0.360. The van der Waals surface area contributed by atoms with Crippen molar-refractivity contribution in [3.05, 3.63) is 78.9 Å². The number of quaternary nitrogens is 1. The normalized spacial score (nSPS) is 15.2. The van der Waals surface area contributed by atoms with Crippen LogP contribution in [0.4, 0.5) is 17.1 Å². The average molecular weight is 430 g/mol. The Morgan fingerprint density at radius 3 is 2.28 bits per heavy atom. The van der Waals surface area contributed by atoms with E-state index in [0.29, 0.717) is 0 Å². The molecule has 166 valence electrons. The van der Waals surface area contributed by atoms with Crippen molar-refractivity contribution in [2.24, 2.45) is 0 Å². The smallest absolute Gasteiger partial charge is 0.246 e. The van der Waals surface area contributed by atoms with Crippen LogP contribution in [0, 0.1) is 0 Å². The van der Waals surface area contributed by atoms with E-state index in [2.05, 4.69) is 58.9 Å². The predicted octanol–water partition coefficient (Wildman–Crippen LogP) is 3.52. The lowest BCUT2D eigenvalue weighted by atomic mass is 10.0. The van der Waals surface area contributed by atoms with Gasteiger partial charge in [-0.3, -0.25) is 4.79 Å². The maximum Gasteiger partial charge on any atom is 0.246 e. The second-order valence-electron chi connectivity index (χ2n) is 8.40. The van der Waals surface area contributed by atoms with E-state index in [9.17, 15) is 4.79 Å². The molecule has 32 heavy (non-hydrogen) atoms. The van der Waals surface area contributed by atoms with Gasteiger partial charge >= 0.3 is 0 Å². The molecule has 0 radical (unpaired) electrons. The van der Waals surface area contributed by atoms with Gasteiger partial charge in [-0.15, -0.1) is 0 Å². The quantitative estimate of drug-likeness (QED) is 0.539. The van der Waals surface area contributed by atoms with Crippen LogP contribution in [0.25, 0.3) is 11.1 Å². The highest BCUT2D eigenvalue weighted by Crippen LogP contribution is 2.27. The van der Waals surface area contributed by atoms with Crippen LogP contribution in [0.2, 0.25) is 0 Å². The number of benzene rings is 3. The number of anilines is 3. The van der Waals surface area contributed by atoms with Gasteiger partial charge in [0.15, 0.2) is 0 Å². The molecule has 1 atom stereocenters. The highest BCUT2D eigenvalue weighted by Gasteiger charge is 2.19. The van der Waals surface area contributed by atoms with Crippen molar-refractivity contribution in [2.75, 3.05) is 48.3 Å². The summed E-state index contributed by atoms with van der Waals surface area (Å²) in [7, 11) is 0. The molecular weight excluding hydrogens is 396 g/mol. The molecule has 5 heteroatoms. The van der Waals surface area contributed by atoms with Gasteiger partial charge in [0.25, 0.3) is 0 Å². The molecule has 0 unspecified atom stereocenters. The highest BCUT2D eigenvalue weighted by atomic mass is 16.2. The summed E-state index contributed by atoms with van der Waals surface area (Å²) >= 11 is 0. The van der Waals surface area contributed by atoms with Crippen LogP contribution in [0.1, 0.15) is 13.8 Å². The molecule has 5 nitrogen and oxygen atoms in total. The predicted molar refractivity (Wildman–Crippen MR) is 133 cm³/mol. The summed E-state index contributed by atoms with van der Waals surface area (Å²) in [6.45, 7) is 9.91. The van der Waals surface area contributed by atoms with E-state index in [1.807, 2.05) is 49.4 Å². The standard InChI is InChI=1S/C27H32N4O/c1-3-30-17-19-31(20-18-30)24-15-13-23(14-16-24)28-21(2)27(32)29-26-12-8-7-11-25(26)22-9-5-4-6-10-22/h4-16,21,28H,3,17-20H2,1-2H3,(H,29,32)/p+1/t21-/m1/s1. The third-order valence-electron chi connectivity index (χ3n) is 6.25. The number of nitrogens with one attached hydrogen (secondary N) is 3. The van der Waals surface area contributed by atoms with Crippen LogP contribution in [0.3, 0.4) is 0 Å².